The molecule has 0 spiro atoms. The molecule has 0 saturated carbocycles. The Labute approximate surface area is 163 Å². The number of carbonyl (C=O) groups is 1. The normalized spacial score (nSPS) is 17.9. The van der Waals surface area contributed by atoms with Crippen LogP contribution in [0.3, 0.4) is 0 Å². The molecule has 28 heavy (non-hydrogen) atoms. The highest BCUT2D eigenvalue weighted by molar-refractivity contribution is 5.94. The van der Waals surface area contributed by atoms with Crippen LogP contribution in [0.2, 0.25) is 0 Å². The average Bonchev–Trinajstić information content (AvgIpc) is 3.15. The number of nitrogens with zero attached hydrogens (tertiary/aromatic N) is 1. The Morgan fingerprint density at radius 1 is 1.21 bits per heavy atom. The average molecular weight is 385 g/mol. The Morgan fingerprint density at radius 3 is 2.64 bits per heavy atom. The van der Waals surface area contributed by atoms with Crippen molar-refractivity contribution in [2.45, 2.75) is 18.9 Å². The third-order valence-electron chi connectivity index (χ3n) is 5.52. The molecule has 0 amide bonds. The third-order valence-corrected chi connectivity index (χ3v) is 5.52. The van der Waals surface area contributed by atoms with E-state index in [1.165, 1.54) is 19.8 Å². The fourth-order valence-corrected chi connectivity index (χ4v) is 4.06. The molecule has 0 aromatic heterocycles. The lowest BCUT2D eigenvalue weighted by molar-refractivity contribution is 0.0690. The Balaban J connectivity index is 1.77. The Morgan fingerprint density at radius 2 is 1.96 bits per heavy atom. The van der Waals surface area contributed by atoms with E-state index in [0.29, 0.717) is 17.7 Å². The van der Waals surface area contributed by atoms with Crippen molar-refractivity contribution in [2.75, 3.05) is 34.6 Å². The van der Waals surface area contributed by atoms with Crippen LogP contribution >= 0.6 is 0 Å². The number of aromatic carboxylic acids is 1. The summed E-state index contributed by atoms with van der Waals surface area (Å²) in [6.07, 6.45) is 1.45. The molecular formula is C21H23NO6. The van der Waals surface area contributed by atoms with Crippen LogP contribution in [0.15, 0.2) is 24.3 Å². The van der Waals surface area contributed by atoms with Crippen molar-refractivity contribution in [3.8, 4) is 23.0 Å². The van der Waals surface area contributed by atoms with Crippen LogP contribution in [0.4, 0.5) is 0 Å². The summed E-state index contributed by atoms with van der Waals surface area (Å²) in [6.45, 7) is 1.12. The minimum Gasteiger partial charge on any atom is -0.493 e. The first-order valence-corrected chi connectivity index (χ1v) is 9.13. The summed E-state index contributed by atoms with van der Waals surface area (Å²) in [7, 11) is 5.01. The first kappa shape index (κ1) is 18.4. The molecule has 0 saturated heterocycles. The second-order valence-corrected chi connectivity index (χ2v) is 7.00. The van der Waals surface area contributed by atoms with Gasteiger partial charge in [-0.3, -0.25) is 4.90 Å². The highest BCUT2D eigenvalue weighted by Crippen LogP contribution is 2.42. The molecule has 1 atom stereocenters. The molecule has 7 heteroatoms. The smallest absolute Gasteiger partial charge is 0.339 e. The first-order chi connectivity index (χ1) is 13.5. The molecule has 0 unspecified atom stereocenters. The van der Waals surface area contributed by atoms with Crippen LogP contribution in [0.1, 0.15) is 33.1 Å². The van der Waals surface area contributed by atoms with E-state index in [1.807, 2.05) is 12.1 Å². The summed E-state index contributed by atoms with van der Waals surface area (Å²) in [5.74, 6) is 1.14. The van der Waals surface area contributed by atoms with Crippen molar-refractivity contribution in [2.24, 2.45) is 0 Å². The highest BCUT2D eigenvalue weighted by atomic mass is 16.7. The van der Waals surface area contributed by atoms with E-state index in [-0.39, 0.29) is 24.1 Å². The second kappa shape index (κ2) is 7.24. The molecule has 2 aromatic rings. The first-order valence-electron chi connectivity index (χ1n) is 9.13. The molecule has 7 nitrogen and oxygen atoms in total. The van der Waals surface area contributed by atoms with Crippen LogP contribution in [-0.4, -0.2) is 50.6 Å². The van der Waals surface area contributed by atoms with Gasteiger partial charge in [0.05, 0.1) is 14.2 Å². The van der Waals surface area contributed by atoms with Gasteiger partial charge >= 0.3 is 5.97 Å². The molecule has 2 aliphatic rings. The predicted octanol–water partition coefficient (Wildman–Crippen LogP) is 2.90. The van der Waals surface area contributed by atoms with Crippen LogP contribution in [0.25, 0.3) is 0 Å². The number of benzene rings is 2. The third kappa shape index (κ3) is 3.01. The molecule has 2 aliphatic heterocycles. The minimum absolute atomic E-state index is 0.0226. The molecule has 148 valence electrons. The van der Waals surface area contributed by atoms with Gasteiger partial charge in [0.25, 0.3) is 0 Å². The summed E-state index contributed by atoms with van der Waals surface area (Å²) in [6, 6.07) is 7.66. The number of carboxylic acid groups (broad SMARTS) is 1. The molecule has 2 heterocycles. The molecular weight excluding hydrogens is 362 g/mol. The number of hydrogen-bond acceptors (Lipinski definition) is 6. The zero-order valence-corrected chi connectivity index (χ0v) is 16.2. The van der Waals surface area contributed by atoms with Gasteiger partial charge in [0, 0.05) is 12.6 Å². The Hall–Kier alpha value is -2.93. The SMILES string of the molecule is COc1ccc(C[C@H]2c3cc4c(cc3CCN2C)OCO4)c(C(=O)O)c1OC. The maximum Gasteiger partial charge on any atom is 0.339 e. The quantitative estimate of drug-likeness (QED) is 0.848. The number of hydrogen-bond donors (Lipinski definition) is 1. The van der Waals surface area contributed by atoms with E-state index < -0.39 is 5.97 Å². The van der Waals surface area contributed by atoms with Crippen molar-refractivity contribution in [3.05, 3.63) is 46.5 Å². The van der Waals surface area contributed by atoms with E-state index in [2.05, 4.69) is 11.9 Å². The van der Waals surface area contributed by atoms with E-state index in [0.717, 1.165) is 30.0 Å². The van der Waals surface area contributed by atoms with Gasteiger partial charge in [-0.1, -0.05) is 6.07 Å². The van der Waals surface area contributed by atoms with Crippen LogP contribution in [0.5, 0.6) is 23.0 Å². The van der Waals surface area contributed by atoms with Crippen molar-refractivity contribution in [1.82, 2.24) is 4.90 Å². The molecule has 0 aliphatic carbocycles. The van der Waals surface area contributed by atoms with Crippen molar-refractivity contribution < 1.29 is 28.8 Å². The molecule has 1 N–H and O–H groups in total. The van der Waals surface area contributed by atoms with Gasteiger partial charge in [0.15, 0.2) is 23.0 Å². The summed E-state index contributed by atoms with van der Waals surface area (Å²) in [4.78, 5) is 14.2. The van der Waals surface area contributed by atoms with Crippen LogP contribution < -0.4 is 18.9 Å². The van der Waals surface area contributed by atoms with Crippen LogP contribution in [-0.2, 0) is 12.8 Å². The van der Waals surface area contributed by atoms with Gasteiger partial charge < -0.3 is 24.1 Å². The number of carboxylic acids is 1. The van der Waals surface area contributed by atoms with Gasteiger partial charge in [-0.15, -0.1) is 0 Å². The topological polar surface area (TPSA) is 77.5 Å². The molecule has 0 fully saturated rings. The van der Waals surface area contributed by atoms with Crippen molar-refractivity contribution in [3.63, 3.8) is 0 Å². The van der Waals surface area contributed by atoms with Crippen molar-refractivity contribution in [1.29, 1.82) is 0 Å². The predicted molar refractivity (Wildman–Crippen MR) is 102 cm³/mol. The summed E-state index contributed by atoms with van der Waals surface area (Å²) in [5, 5.41) is 9.83. The fraction of sp³-hybridized carbons (Fsp3) is 0.381. The molecule has 2 aromatic carbocycles. The lowest BCUT2D eigenvalue weighted by atomic mass is 9.87. The summed E-state index contributed by atoms with van der Waals surface area (Å²) >= 11 is 0. The second-order valence-electron chi connectivity index (χ2n) is 7.00. The van der Waals surface area contributed by atoms with E-state index in [1.54, 1.807) is 12.1 Å². The number of fused-ring (bicyclic) bond motifs is 2. The zero-order valence-electron chi connectivity index (χ0n) is 16.2. The monoisotopic (exact) mass is 385 g/mol. The molecule has 0 radical (unpaired) electrons. The Kier molecular flexibility index (Phi) is 4.77. The maximum absolute atomic E-state index is 12.0. The number of likely N-dealkylation sites (N-methyl/N-ethyl adjacent to an activating group) is 1. The molecule has 4 rings (SSSR count). The highest BCUT2D eigenvalue weighted by Gasteiger charge is 2.31. The number of ether oxygens (including phenoxy) is 4. The Bertz CT molecular complexity index is 926. The summed E-state index contributed by atoms with van der Waals surface area (Å²) < 4.78 is 21.7. The molecule has 0 bridgehead atoms. The maximum atomic E-state index is 12.0. The zero-order chi connectivity index (χ0) is 19.8. The van der Waals surface area contributed by atoms with Gasteiger partial charge in [-0.05, 0) is 54.8 Å². The van der Waals surface area contributed by atoms with Gasteiger partial charge in [-0.25, -0.2) is 4.79 Å². The lowest BCUT2D eigenvalue weighted by Gasteiger charge is -2.35. The fourth-order valence-electron chi connectivity index (χ4n) is 4.06. The summed E-state index contributed by atoms with van der Waals surface area (Å²) in [5.41, 5.74) is 3.20. The number of rotatable bonds is 5. The number of methoxy groups -OCH3 is 2. The van der Waals surface area contributed by atoms with Crippen LogP contribution in [0, 0.1) is 0 Å². The standard InChI is InChI=1S/C21H23NO6/c1-22-7-6-12-9-17-18(28-11-27-17)10-14(12)15(22)8-13-4-5-16(25-2)20(26-3)19(13)21(23)24/h4-5,9-10,15H,6-8,11H2,1-3H3,(H,23,24)/t15-/m0/s1. The van der Waals surface area contributed by atoms with E-state index in [9.17, 15) is 9.90 Å². The van der Waals surface area contributed by atoms with E-state index >= 15 is 0 Å². The lowest BCUT2D eigenvalue weighted by Crippen LogP contribution is -2.33. The van der Waals surface area contributed by atoms with Gasteiger partial charge in [0.2, 0.25) is 6.79 Å². The van der Waals surface area contributed by atoms with Gasteiger partial charge in [0.1, 0.15) is 5.56 Å². The van der Waals surface area contributed by atoms with E-state index in [4.69, 9.17) is 18.9 Å². The van der Waals surface area contributed by atoms with Gasteiger partial charge in [-0.2, -0.15) is 0 Å². The largest absolute Gasteiger partial charge is 0.493 e. The minimum atomic E-state index is -1.03. The van der Waals surface area contributed by atoms with Crippen molar-refractivity contribution >= 4 is 5.97 Å².